The van der Waals surface area contributed by atoms with E-state index in [-0.39, 0.29) is 5.91 Å². The Kier molecular flexibility index (Phi) is 4.60. The van der Waals surface area contributed by atoms with Gasteiger partial charge in [-0.2, -0.15) is 0 Å². The largest absolute Gasteiger partial charge is 0.352 e. The third-order valence-electron chi connectivity index (χ3n) is 4.06. The first kappa shape index (κ1) is 16.2. The zero-order valence-electron chi connectivity index (χ0n) is 14.3. The van der Waals surface area contributed by atoms with Gasteiger partial charge in [0.1, 0.15) is 5.82 Å². The minimum atomic E-state index is -0.0676. The first-order chi connectivity index (χ1) is 11.6. The molecule has 0 fully saturated rings. The molecular weight excluding hydrogens is 300 g/mol. The van der Waals surface area contributed by atoms with Crippen molar-refractivity contribution in [2.24, 2.45) is 0 Å². The Balaban J connectivity index is 1.80. The van der Waals surface area contributed by atoms with Crippen LogP contribution in [0.1, 0.15) is 40.1 Å². The monoisotopic (exact) mass is 322 g/mol. The normalized spacial score (nSPS) is 11.0. The van der Waals surface area contributed by atoms with E-state index >= 15 is 0 Å². The number of carbonyl (C=O) groups is 1. The topological polar surface area (TPSA) is 70.7 Å². The van der Waals surface area contributed by atoms with Gasteiger partial charge >= 0.3 is 0 Å². The molecule has 2 heterocycles. The number of aromatic amines is 1. The predicted octanol–water partition coefficient (Wildman–Crippen LogP) is 3.11. The summed E-state index contributed by atoms with van der Waals surface area (Å²) < 4.78 is 0. The maximum absolute atomic E-state index is 12.6. The first-order valence-electron chi connectivity index (χ1n) is 8.25. The van der Waals surface area contributed by atoms with E-state index in [1.54, 1.807) is 6.20 Å². The Hall–Kier alpha value is -2.69. The zero-order chi connectivity index (χ0) is 17.1. The van der Waals surface area contributed by atoms with Crippen LogP contribution in [0.15, 0.2) is 30.5 Å². The van der Waals surface area contributed by atoms with Gasteiger partial charge in [-0.15, -0.1) is 0 Å². The number of hydrogen-bond donors (Lipinski definition) is 2. The van der Waals surface area contributed by atoms with Gasteiger partial charge in [-0.05, 0) is 44.0 Å². The number of carbonyl (C=O) groups excluding carboxylic acids is 1. The number of nitrogens with zero attached hydrogens (tertiary/aromatic N) is 2. The lowest BCUT2D eigenvalue weighted by molar-refractivity contribution is 0.0955. The van der Waals surface area contributed by atoms with Crippen LogP contribution in [-0.2, 0) is 12.8 Å². The average Bonchev–Trinajstić information content (AvgIpc) is 2.98. The van der Waals surface area contributed by atoms with Crippen LogP contribution >= 0.6 is 0 Å². The van der Waals surface area contributed by atoms with Crippen molar-refractivity contribution in [1.82, 2.24) is 20.3 Å². The van der Waals surface area contributed by atoms with Crippen LogP contribution in [0, 0.1) is 13.8 Å². The second-order valence-corrected chi connectivity index (χ2v) is 6.04. The molecule has 5 heteroatoms. The minimum Gasteiger partial charge on any atom is -0.352 e. The molecule has 0 bridgehead atoms. The summed E-state index contributed by atoms with van der Waals surface area (Å²) in [5, 5.41) is 3.90. The van der Waals surface area contributed by atoms with E-state index in [2.05, 4.69) is 39.3 Å². The number of hydrogen-bond acceptors (Lipinski definition) is 3. The van der Waals surface area contributed by atoms with Gasteiger partial charge in [0, 0.05) is 35.9 Å². The second-order valence-electron chi connectivity index (χ2n) is 6.04. The number of aryl methyl sites for hydroxylation is 3. The van der Waals surface area contributed by atoms with Crippen LogP contribution in [0.5, 0.6) is 0 Å². The molecule has 0 aliphatic heterocycles. The Bertz CT molecular complexity index is 882. The molecule has 0 saturated carbocycles. The Morgan fingerprint density at radius 3 is 2.79 bits per heavy atom. The van der Waals surface area contributed by atoms with Crippen molar-refractivity contribution in [3.05, 3.63) is 58.8 Å². The molecule has 5 nitrogen and oxygen atoms in total. The fraction of sp³-hybridized carbons (Fsp3) is 0.316. The number of amides is 1. The quantitative estimate of drug-likeness (QED) is 0.758. The number of H-pyrrole nitrogens is 1. The van der Waals surface area contributed by atoms with Crippen LogP contribution in [0.25, 0.3) is 10.9 Å². The zero-order valence-corrected chi connectivity index (χ0v) is 14.3. The highest BCUT2D eigenvalue weighted by atomic mass is 16.1. The fourth-order valence-electron chi connectivity index (χ4n) is 2.80. The third kappa shape index (κ3) is 3.45. The Morgan fingerprint density at radius 2 is 2.08 bits per heavy atom. The molecule has 24 heavy (non-hydrogen) atoms. The van der Waals surface area contributed by atoms with Gasteiger partial charge in [0.05, 0.1) is 11.1 Å². The number of aromatic nitrogens is 3. The smallest absolute Gasteiger partial charge is 0.252 e. The summed E-state index contributed by atoms with van der Waals surface area (Å²) in [5.41, 5.74) is 4.62. The highest BCUT2D eigenvalue weighted by Gasteiger charge is 2.12. The maximum atomic E-state index is 12.6. The van der Waals surface area contributed by atoms with Crippen molar-refractivity contribution < 1.29 is 4.79 Å². The second kappa shape index (κ2) is 6.83. The van der Waals surface area contributed by atoms with Crippen LogP contribution in [-0.4, -0.2) is 27.4 Å². The molecule has 1 amide bonds. The first-order valence-corrected chi connectivity index (χ1v) is 8.25. The van der Waals surface area contributed by atoms with Crippen molar-refractivity contribution >= 4 is 16.8 Å². The van der Waals surface area contributed by atoms with E-state index < -0.39 is 0 Å². The SMILES string of the molecule is CCc1ccc2nc(C)cc(C(=O)NCCc3ncc(C)[nH]3)c2c1. The summed E-state index contributed by atoms with van der Waals surface area (Å²) in [6.45, 7) is 6.53. The van der Waals surface area contributed by atoms with Crippen molar-refractivity contribution in [2.75, 3.05) is 6.54 Å². The van der Waals surface area contributed by atoms with Gasteiger partial charge in [0.25, 0.3) is 5.91 Å². The summed E-state index contributed by atoms with van der Waals surface area (Å²) in [5.74, 6) is 0.818. The number of benzene rings is 1. The summed E-state index contributed by atoms with van der Waals surface area (Å²) in [6, 6.07) is 7.97. The van der Waals surface area contributed by atoms with E-state index in [1.165, 1.54) is 5.56 Å². The van der Waals surface area contributed by atoms with E-state index in [9.17, 15) is 4.79 Å². The van der Waals surface area contributed by atoms with Crippen LogP contribution in [0.4, 0.5) is 0 Å². The van der Waals surface area contributed by atoms with Crippen molar-refractivity contribution in [3.8, 4) is 0 Å². The van der Waals surface area contributed by atoms with Crippen molar-refractivity contribution in [1.29, 1.82) is 0 Å². The summed E-state index contributed by atoms with van der Waals surface area (Å²) in [4.78, 5) is 24.6. The number of imidazole rings is 1. The molecule has 0 aliphatic carbocycles. The van der Waals surface area contributed by atoms with Gasteiger partial charge in [0.2, 0.25) is 0 Å². The predicted molar refractivity (Wildman–Crippen MR) is 95.2 cm³/mol. The average molecular weight is 322 g/mol. The van der Waals surface area contributed by atoms with Gasteiger partial charge in [-0.1, -0.05) is 13.0 Å². The molecule has 0 atom stereocenters. The molecule has 2 aromatic heterocycles. The number of pyridine rings is 1. The number of rotatable bonds is 5. The van der Waals surface area contributed by atoms with Crippen LogP contribution in [0.3, 0.4) is 0 Å². The lowest BCUT2D eigenvalue weighted by atomic mass is 10.0. The molecular formula is C19H22N4O. The van der Waals surface area contributed by atoms with Gasteiger partial charge < -0.3 is 10.3 Å². The van der Waals surface area contributed by atoms with E-state index in [4.69, 9.17) is 0 Å². The molecule has 1 aromatic carbocycles. The summed E-state index contributed by atoms with van der Waals surface area (Å²) >= 11 is 0. The van der Waals surface area contributed by atoms with Gasteiger partial charge in [-0.25, -0.2) is 4.98 Å². The molecule has 3 rings (SSSR count). The molecule has 0 unspecified atom stereocenters. The van der Waals surface area contributed by atoms with Gasteiger partial charge in [0.15, 0.2) is 0 Å². The van der Waals surface area contributed by atoms with E-state index in [0.29, 0.717) is 18.5 Å². The maximum Gasteiger partial charge on any atom is 0.252 e. The molecule has 2 N–H and O–H groups in total. The van der Waals surface area contributed by atoms with Gasteiger partial charge in [-0.3, -0.25) is 9.78 Å². The Morgan fingerprint density at radius 1 is 1.25 bits per heavy atom. The Labute approximate surface area is 141 Å². The van der Waals surface area contributed by atoms with E-state index in [0.717, 1.165) is 34.5 Å². The lowest BCUT2D eigenvalue weighted by Crippen LogP contribution is -2.26. The summed E-state index contributed by atoms with van der Waals surface area (Å²) in [6.07, 6.45) is 3.41. The molecule has 0 saturated heterocycles. The summed E-state index contributed by atoms with van der Waals surface area (Å²) in [7, 11) is 0. The third-order valence-corrected chi connectivity index (χ3v) is 4.06. The van der Waals surface area contributed by atoms with E-state index in [1.807, 2.05) is 26.0 Å². The number of nitrogens with one attached hydrogen (secondary N) is 2. The van der Waals surface area contributed by atoms with Crippen LogP contribution < -0.4 is 5.32 Å². The fourth-order valence-corrected chi connectivity index (χ4v) is 2.80. The number of fused-ring (bicyclic) bond motifs is 1. The molecule has 3 aromatic rings. The highest BCUT2D eigenvalue weighted by molar-refractivity contribution is 6.06. The van der Waals surface area contributed by atoms with Crippen LogP contribution in [0.2, 0.25) is 0 Å². The van der Waals surface area contributed by atoms with Crippen molar-refractivity contribution in [2.45, 2.75) is 33.6 Å². The van der Waals surface area contributed by atoms with Crippen molar-refractivity contribution in [3.63, 3.8) is 0 Å². The minimum absolute atomic E-state index is 0.0676. The molecule has 0 radical (unpaired) electrons. The molecule has 124 valence electrons. The lowest BCUT2D eigenvalue weighted by Gasteiger charge is -2.10. The standard InChI is InChI=1S/C19H22N4O/c1-4-14-5-6-17-15(10-14)16(9-12(2)22-17)19(24)20-8-7-18-21-11-13(3)23-18/h5-6,9-11H,4,7-8H2,1-3H3,(H,20,24)(H,21,23). The molecule has 0 aliphatic rings. The molecule has 0 spiro atoms. The highest BCUT2D eigenvalue weighted by Crippen LogP contribution is 2.20.